The maximum atomic E-state index is 9.01. The summed E-state index contributed by atoms with van der Waals surface area (Å²) in [7, 11) is 0. The molecule has 2 aromatic carbocycles. The minimum Gasteiger partial charge on any atom is -0.489 e. The number of nitrogens with one attached hydrogen (secondary N) is 1. The Labute approximate surface area is 125 Å². The van der Waals surface area contributed by atoms with Crippen molar-refractivity contribution in [2.75, 3.05) is 0 Å². The summed E-state index contributed by atoms with van der Waals surface area (Å²) in [6.07, 6.45) is 2.63. The highest BCUT2D eigenvalue weighted by Crippen LogP contribution is 2.20. The van der Waals surface area contributed by atoms with Crippen molar-refractivity contribution in [2.24, 2.45) is 0 Å². The van der Waals surface area contributed by atoms with Crippen molar-refractivity contribution in [1.29, 1.82) is 0 Å². The van der Waals surface area contributed by atoms with Gasteiger partial charge >= 0.3 is 0 Å². The molecule has 0 radical (unpaired) electrons. The summed E-state index contributed by atoms with van der Waals surface area (Å²) < 4.78 is 5.78. The van der Waals surface area contributed by atoms with E-state index >= 15 is 0 Å². The third-order valence-electron chi connectivity index (χ3n) is 3.71. The first-order valence-electron chi connectivity index (χ1n) is 7.47. The molecular weight excluding hydrogens is 262 g/mol. The summed E-state index contributed by atoms with van der Waals surface area (Å²) in [4.78, 5) is 0. The summed E-state index contributed by atoms with van der Waals surface area (Å²) in [5.74, 6) is 0.886. The molecule has 0 aromatic heterocycles. The summed E-state index contributed by atoms with van der Waals surface area (Å²) in [6.45, 7) is 1.57. The van der Waals surface area contributed by atoms with Gasteiger partial charge in [0.05, 0.1) is 6.61 Å². The zero-order valence-electron chi connectivity index (χ0n) is 12.1. The maximum Gasteiger partial charge on any atom is 0.119 e. The highest BCUT2D eigenvalue weighted by molar-refractivity contribution is 5.28. The summed E-state index contributed by atoms with van der Waals surface area (Å²) in [5, 5.41) is 12.5. The molecule has 0 aliphatic heterocycles. The summed E-state index contributed by atoms with van der Waals surface area (Å²) in [6, 6.07) is 16.8. The van der Waals surface area contributed by atoms with Gasteiger partial charge in [0, 0.05) is 12.6 Å². The Kier molecular flexibility index (Phi) is 4.53. The molecule has 0 saturated heterocycles. The van der Waals surface area contributed by atoms with Crippen molar-refractivity contribution in [3.05, 3.63) is 65.2 Å². The Morgan fingerprint density at radius 3 is 2.14 bits per heavy atom. The van der Waals surface area contributed by atoms with Crippen molar-refractivity contribution >= 4 is 0 Å². The van der Waals surface area contributed by atoms with Gasteiger partial charge in [-0.25, -0.2) is 0 Å². The Balaban J connectivity index is 1.49. The lowest BCUT2D eigenvalue weighted by atomic mass is 10.1. The highest BCUT2D eigenvalue weighted by atomic mass is 16.5. The number of hydrogen-bond donors (Lipinski definition) is 2. The monoisotopic (exact) mass is 283 g/mol. The number of rotatable bonds is 7. The zero-order chi connectivity index (χ0) is 14.5. The van der Waals surface area contributed by atoms with E-state index in [2.05, 4.69) is 17.4 Å². The fourth-order valence-electron chi connectivity index (χ4n) is 2.16. The van der Waals surface area contributed by atoms with Gasteiger partial charge in [0.15, 0.2) is 0 Å². The van der Waals surface area contributed by atoms with Crippen LogP contribution in [0, 0.1) is 0 Å². The Hall–Kier alpha value is -1.84. The predicted molar refractivity (Wildman–Crippen MR) is 83.0 cm³/mol. The Bertz CT molecular complexity index is 559. The maximum absolute atomic E-state index is 9.01. The fourth-order valence-corrected chi connectivity index (χ4v) is 2.16. The number of ether oxygens (including phenoxy) is 1. The molecule has 3 rings (SSSR count). The average molecular weight is 283 g/mol. The van der Waals surface area contributed by atoms with Gasteiger partial charge in [0.25, 0.3) is 0 Å². The Morgan fingerprint density at radius 2 is 1.52 bits per heavy atom. The van der Waals surface area contributed by atoms with Crippen molar-refractivity contribution in [3.8, 4) is 5.75 Å². The smallest absolute Gasteiger partial charge is 0.119 e. The number of benzene rings is 2. The standard InChI is InChI=1S/C18H21NO2/c20-12-15-1-3-16(4-2-15)13-21-18-9-5-14(6-10-18)11-19-17-7-8-17/h1-6,9-10,17,19-20H,7-8,11-13H2. The van der Waals surface area contributed by atoms with Gasteiger partial charge < -0.3 is 15.2 Å². The molecule has 3 nitrogen and oxygen atoms in total. The lowest BCUT2D eigenvalue weighted by molar-refractivity contribution is 0.281. The third kappa shape index (κ3) is 4.31. The van der Waals surface area contributed by atoms with E-state index in [1.807, 2.05) is 36.4 Å². The normalized spacial score (nSPS) is 14.1. The van der Waals surface area contributed by atoms with Crippen LogP contribution in [-0.2, 0) is 19.8 Å². The second-order valence-electron chi connectivity index (χ2n) is 5.56. The van der Waals surface area contributed by atoms with Crippen LogP contribution >= 0.6 is 0 Å². The average Bonchev–Trinajstić information content (AvgIpc) is 3.37. The quantitative estimate of drug-likeness (QED) is 0.820. The molecule has 2 aromatic rings. The van der Waals surface area contributed by atoms with Crippen molar-refractivity contribution in [1.82, 2.24) is 5.32 Å². The second kappa shape index (κ2) is 6.74. The van der Waals surface area contributed by atoms with Gasteiger partial charge in [0.1, 0.15) is 12.4 Å². The van der Waals surface area contributed by atoms with Crippen LogP contribution in [0.2, 0.25) is 0 Å². The van der Waals surface area contributed by atoms with Crippen LogP contribution in [0.4, 0.5) is 0 Å². The molecule has 1 fully saturated rings. The molecule has 1 saturated carbocycles. The van der Waals surface area contributed by atoms with Gasteiger partial charge in [-0.1, -0.05) is 36.4 Å². The lowest BCUT2D eigenvalue weighted by Gasteiger charge is -2.08. The lowest BCUT2D eigenvalue weighted by Crippen LogP contribution is -2.15. The zero-order valence-corrected chi connectivity index (χ0v) is 12.1. The topological polar surface area (TPSA) is 41.5 Å². The molecule has 3 heteroatoms. The molecule has 110 valence electrons. The number of aliphatic hydroxyl groups is 1. The number of aliphatic hydroxyl groups excluding tert-OH is 1. The second-order valence-corrected chi connectivity index (χ2v) is 5.56. The minimum absolute atomic E-state index is 0.0808. The SMILES string of the molecule is OCc1ccc(COc2ccc(CNC3CC3)cc2)cc1. The van der Waals surface area contributed by atoms with E-state index in [0.29, 0.717) is 6.61 Å². The molecule has 0 bridgehead atoms. The van der Waals surface area contributed by atoms with E-state index in [-0.39, 0.29) is 6.61 Å². The van der Waals surface area contributed by atoms with Crippen molar-refractivity contribution in [2.45, 2.75) is 38.6 Å². The van der Waals surface area contributed by atoms with E-state index in [0.717, 1.165) is 29.5 Å². The number of hydrogen-bond acceptors (Lipinski definition) is 3. The van der Waals surface area contributed by atoms with Crippen molar-refractivity contribution < 1.29 is 9.84 Å². The van der Waals surface area contributed by atoms with Crippen LogP contribution < -0.4 is 10.1 Å². The fraction of sp³-hybridized carbons (Fsp3) is 0.333. The van der Waals surface area contributed by atoms with Crippen LogP contribution in [0.15, 0.2) is 48.5 Å². The first kappa shape index (κ1) is 14.1. The third-order valence-corrected chi connectivity index (χ3v) is 3.71. The van der Waals surface area contributed by atoms with Gasteiger partial charge in [0.2, 0.25) is 0 Å². The van der Waals surface area contributed by atoms with Crippen molar-refractivity contribution in [3.63, 3.8) is 0 Å². The van der Waals surface area contributed by atoms with Crippen LogP contribution in [0.3, 0.4) is 0 Å². The van der Waals surface area contributed by atoms with E-state index < -0.39 is 0 Å². The molecule has 0 heterocycles. The van der Waals surface area contributed by atoms with Crippen LogP contribution in [0.1, 0.15) is 29.5 Å². The van der Waals surface area contributed by atoms with Gasteiger partial charge in [-0.15, -0.1) is 0 Å². The Morgan fingerprint density at radius 1 is 0.905 bits per heavy atom. The van der Waals surface area contributed by atoms with Crippen LogP contribution in [-0.4, -0.2) is 11.1 Å². The minimum atomic E-state index is 0.0808. The summed E-state index contributed by atoms with van der Waals surface area (Å²) in [5.41, 5.74) is 3.32. The van der Waals surface area contributed by atoms with Gasteiger partial charge in [-0.05, 0) is 41.7 Å². The van der Waals surface area contributed by atoms with Crippen LogP contribution in [0.5, 0.6) is 5.75 Å². The van der Waals surface area contributed by atoms with Gasteiger partial charge in [-0.3, -0.25) is 0 Å². The summed E-state index contributed by atoms with van der Waals surface area (Å²) >= 11 is 0. The molecule has 1 aliphatic carbocycles. The molecule has 2 N–H and O–H groups in total. The first-order chi connectivity index (χ1) is 10.3. The molecular formula is C18H21NO2. The first-order valence-corrected chi connectivity index (χ1v) is 7.47. The molecule has 0 spiro atoms. The van der Waals surface area contributed by atoms with E-state index in [4.69, 9.17) is 9.84 Å². The molecule has 0 atom stereocenters. The molecule has 21 heavy (non-hydrogen) atoms. The van der Waals surface area contributed by atoms with E-state index in [9.17, 15) is 0 Å². The van der Waals surface area contributed by atoms with Crippen LogP contribution in [0.25, 0.3) is 0 Å². The predicted octanol–water partition coefficient (Wildman–Crippen LogP) is 3.01. The molecule has 0 unspecified atom stereocenters. The van der Waals surface area contributed by atoms with Gasteiger partial charge in [-0.2, -0.15) is 0 Å². The molecule has 1 aliphatic rings. The molecule has 0 amide bonds. The van der Waals surface area contributed by atoms with E-state index in [1.54, 1.807) is 0 Å². The van der Waals surface area contributed by atoms with E-state index in [1.165, 1.54) is 18.4 Å². The highest BCUT2D eigenvalue weighted by Gasteiger charge is 2.19. The largest absolute Gasteiger partial charge is 0.489 e.